The van der Waals surface area contributed by atoms with Gasteiger partial charge in [-0.05, 0) is 25.5 Å². The molecule has 1 unspecified atom stereocenters. The second-order valence-corrected chi connectivity index (χ2v) is 8.26. The Morgan fingerprint density at radius 3 is 2.54 bits per heavy atom. The van der Waals surface area contributed by atoms with Gasteiger partial charge in [-0.25, -0.2) is 8.42 Å². The third-order valence-corrected chi connectivity index (χ3v) is 6.05. The fourth-order valence-corrected chi connectivity index (χ4v) is 4.74. The Kier molecular flexibility index (Phi) is 6.47. The summed E-state index contributed by atoms with van der Waals surface area (Å²) < 4.78 is 33.6. The van der Waals surface area contributed by atoms with Crippen LogP contribution >= 0.6 is 0 Å². The molecule has 1 atom stereocenters. The van der Waals surface area contributed by atoms with Gasteiger partial charge in [-0.3, -0.25) is 9.59 Å². The van der Waals surface area contributed by atoms with Crippen LogP contribution in [0.15, 0.2) is 18.2 Å². The first-order valence-electron chi connectivity index (χ1n) is 8.31. The molecule has 0 aliphatic carbocycles. The second kappa shape index (κ2) is 8.39. The molecule has 1 aliphatic rings. The monoisotopic (exact) mass is 384 g/mol. The lowest BCUT2D eigenvalue weighted by molar-refractivity contribution is -0.135. The fraction of sp³-hybridized carbons (Fsp3) is 0.529. The lowest BCUT2D eigenvalue weighted by Crippen LogP contribution is -2.42. The number of hydrogen-bond acceptors (Lipinski definition) is 6. The molecule has 1 fully saturated rings. The van der Waals surface area contributed by atoms with Crippen LogP contribution in [0.5, 0.6) is 11.5 Å². The van der Waals surface area contributed by atoms with Gasteiger partial charge in [0.2, 0.25) is 11.8 Å². The minimum Gasteiger partial charge on any atom is -0.497 e. The topological polar surface area (TPSA) is 102 Å². The number of sulfone groups is 1. The Bertz CT molecular complexity index is 777. The first kappa shape index (κ1) is 20.0. The van der Waals surface area contributed by atoms with E-state index < -0.39 is 21.7 Å². The first-order chi connectivity index (χ1) is 12.3. The summed E-state index contributed by atoms with van der Waals surface area (Å²) >= 11 is 0. The van der Waals surface area contributed by atoms with Crippen LogP contribution in [0.3, 0.4) is 0 Å². The number of hydrogen-bond donors (Lipinski definition) is 1. The van der Waals surface area contributed by atoms with E-state index in [9.17, 15) is 18.0 Å². The molecule has 0 radical (unpaired) electrons. The van der Waals surface area contributed by atoms with Gasteiger partial charge < -0.3 is 19.7 Å². The molecular formula is C17H24N2O6S. The summed E-state index contributed by atoms with van der Waals surface area (Å²) in [7, 11) is -0.123. The van der Waals surface area contributed by atoms with Crippen molar-refractivity contribution in [2.45, 2.75) is 25.8 Å². The van der Waals surface area contributed by atoms with E-state index in [0.29, 0.717) is 30.2 Å². The summed E-state index contributed by atoms with van der Waals surface area (Å²) in [5, 5.41) is 2.64. The average molecular weight is 384 g/mol. The number of amides is 2. The summed E-state index contributed by atoms with van der Waals surface area (Å²) in [4.78, 5) is 26.2. The van der Waals surface area contributed by atoms with Crippen molar-refractivity contribution < 1.29 is 27.5 Å². The summed E-state index contributed by atoms with van der Waals surface area (Å²) in [5.41, 5.74) is 0.399. The van der Waals surface area contributed by atoms with Crippen molar-refractivity contribution in [2.24, 2.45) is 0 Å². The number of carbonyl (C=O) groups excluding carboxylic acids is 2. The van der Waals surface area contributed by atoms with Gasteiger partial charge in [0.15, 0.2) is 9.84 Å². The normalized spacial score (nSPS) is 18.2. The molecule has 2 rings (SSSR count). The van der Waals surface area contributed by atoms with Gasteiger partial charge in [0.05, 0.1) is 31.4 Å². The molecule has 8 nitrogen and oxygen atoms in total. The van der Waals surface area contributed by atoms with Gasteiger partial charge in [-0.1, -0.05) is 0 Å². The highest BCUT2D eigenvalue weighted by Gasteiger charge is 2.34. The molecule has 144 valence electrons. The average Bonchev–Trinajstić information content (AvgIpc) is 2.94. The van der Waals surface area contributed by atoms with Gasteiger partial charge in [0, 0.05) is 18.7 Å². The maximum absolute atomic E-state index is 12.5. The number of methoxy groups -OCH3 is 2. The third-order valence-electron chi connectivity index (χ3n) is 4.30. The first-order valence-corrected chi connectivity index (χ1v) is 10.1. The maximum atomic E-state index is 12.5. The van der Waals surface area contributed by atoms with Crippen molar-refractivity contribution in [3.63, 3.8) is 0 Å². The highest BCUT2D eigenvalue weighted by atomic mass is 32.2. The van der Waals surface area contributed by atoms with E-state index in [1.54, 1.807) is 25.1 Å². The lowest BCUT2D eigenvalue weighted by atomic mass is 10.2. The zero-order chi connectivity index (χ0) is 19.3. The van der Waals surface area contributed by atoms with Crippen LogP contribution in [0.1, 0.15) is 19.8 Å². The molecule has 0 saturated carbocycles. The molecule has 0 spiro atoms. The van der Waals surface area contributed by atoms with Gasteiger partial charge >= 0.3 is 0 Å². The molecule has 26 heavy (non-hydrogen) atoms. The second-order valence-electron chi connectivity index (χ2n) is 6.03. The molecule has 1 N–H and O–H groups in total. The molecule has 1 aromatic carbocycles. The van der Waals surface area contributed by atoms with Crippen LogP contribution < -0.4 is 14.8 Å². The smallest absolute Gasteiger partial charge is 0.233 e. The molecule has 1 aliphatic heterocycles. The summed E-state index contributed by atoms with van der Waals surface area (Å²) in [6, 6.07) is 4.58. The lowest BCUT2D eigenvalue weighted by Gasteiger charge is -2.26. The number of rotatable bonds is 7. The van der Waals surface area contributed by atoms with E-state index >= 15 is 0 Å². The van der Waals surface area contributed by atoms with Crippen molar-refractivity contribution in [1.29, 1.82) is 0 Å². The quantitative estimate of drug-likeness (QED) is 0.706. The van der Waals surface area contributed by atoms with Crippen molar-refractivity contribution in [3.05, 3.63) is 18.2 Å². The Balaban J connectivity index is 2.03. The Morgan fingerprint density at radius 2 is 2.00 bits per heavy atom. The third kappa shape index (κ3) is 4.87. The minimum atomic E-state index is -3.10. The van der Waals surface area contributed by atoms with Crippen molar-refractivity contribution in [2.75, 3.05) is 37.6 Å². The molecule has 2 amide bonds. The molecule has 1 aromatic rings. The molecule has 0 aromatic heterocycles. The van der Waals surface area contributed by atoms with E-state index in [0.717, 1.165) is 0 Å². The van der Waals surface area contributed by atoms with Crippen LogP contribution in [0.2, 0.25) is 0 Å². The van der Waals surface area contributed by atoms with E-state index in [2.05, 4.69) is 5.32 Å². The number of carbonyl (C=O) groups is 2. The van der Waals surface area contributed by atoms with Gasteiger partial charge in [0.25, 0.3) is 0 Å². The van der Waals surface area contributed by atoms with E-state index in [1.807, 2.05) is 0 Å². The Labute approximate surface area is 153 Å². The van der Waals surface area contributed by atoms with Crippen LogP contribution in [0.25, 0.3) is 0 Å². The van der Waals surface area contributed by atoms with Crippen molar-refractivity contribution >= 4 is 27.3 Å². The highest BCUT2D eigenvalue weighted by molar-refractivity contribution is 7.91. The Morgan fingerprint density at radius 1 is 1.27 bits per heavy atom. The maximum Gasteiger partial charge on any atom is 0.233 e. The molecule has 9 heteroatoms. The molecular weight excluding hydrogens is 360 g/mol. The largest absolute Gasteiger partial charge is 0.497 e. The molecule has 1 heterocycles. The predicted molar refractivity (Wildman–Crippen MR) is 97.2 cm³/mol. The standard InChI is InChI=1S/C17H24N2O6S/c1-4-19(12-7-8-26(22,23)11-12)17(21)10-16(20)18-14-9-13(24-2)5-6-15(14)25-3/h5-6,9,12H,4,7-8,10-11H2,1-3H3,(H,18,20). The van der Waals surface area contributed by atoms with Crippen molar-refractivity contribution in [1.82, 2.24) is 4.90 Å². The number of ether oxygens (including phenoxy) is 2. The predicted octanol–water partition coefficient (Wildman–Crippen LogP) is 1.07. The molecule has 0 bridgehead atoms. The van der Waals surface area contributed by atoms with Crippen LogP contribution in [0.4, 0.5) is 5.69 Å². The zero-order valence-electron chi connectivity index (χ0n) is 15.1. The zero-order valence-corrected chi connectivity index (χ0v) is 16.0. The Hall–Kier alpha value is -2.29. The minimum absolute atomic E-state index is 0.0437. The van der Waals surface area contributed by atoms with E-state index in [4.69, 9.17) is 9.47 Å². The number of anilines is 1. The van der Waals surface area contributed by atoms with Crippen LogP contribution in [0, 0.1) is 0 Å². The van der Waals surface area contributed by atoms with E-state index in [-0.39, 0.29) is 24.0 Å². The summed E-state index contributed by atoms with van der Waals surface area (Å²) in [6.45, 7) is 2.13. The SMILES string of the molecule is CCN(C(=O)CC(=O)Nc1cc(OC)ccc1OC)C1CCS(=O)(=O)C1. The fourth-order valence-electron chi connectivity index (χ4n) is 3.00. The number of nitrogens with zero attached hydrogens (tertiary/aromatic N) is 1. The van der Waals surface area contributed by atoms with Crippen LogP contribution in [-0.2, 0) is 19.4 Å². The van der Waals surface area contributed by atoms with E-state index in [1.165, 1.54) is 19.1 Å². The highest BCUT2D eigenvalue weighted by Crippen LogP contribution is 2.29. The van der Waals surface area contributed by atoms with Gasteiger partial charge in [-0.2, -0.15) is 0 Å². The van der Waals surface area contributed by atoms with Crippen molar-refractivity contribution in [3.8, 4) is 11.5 Å². The summed E-state index contributed by atoms with van der Waals surface area (Å²) in [6.07, 6.45) is 0.0397. The van der Waals surface area contributed by atoms with Gasteiger partial charge in [-0.15, -0.1) is 0 Å². The van der Waals surface area contributed by atoms with Crippen LogP contribution in [-0.4, -0.2) is 63.4 Å². The van der Waals surface area contributed by atoms with Gasteiger partial charge in [0.1, 0.15) is 17.9 Å². The molecule has 1 saturated heterocycles. The number of benzene rings is 1. The number of nitrogens with one attached hydrogen (secondary N) is 1. The summed E-state index contributed by atoms with van der Waals surface area (Å²) in [5.74, 6) is 0.126.